The topological polar surface area (TPSA) is 72.9 Å². The molecule has 2 rings (SSSR count). The van der Waals surface area contributed by atoms with Crippen molar-refractivity contribution in [1.82, 2.24) is 4.90 Å². The van der Waals surface area contributed by atoms with Crippen molar-refractivity contribution < 1.29 is 31.5 Å². The van der Waals surface area contributed by atoms with Crippen molar-refractivity contribution in [3.63, 3.8) is 0 Å². The highest BCUT2D eigenvalue weighted by atomic mass is 35.7. The molecule has 0 bridgehead atoms. The summed E-state index contributed by atoms with van der Waals surface area (Å²) in [6, 6.07) is 4.42. The Morgan fingerprint density at radius 1 is 1.18 bits per heavy atom. The fraction of sp³-hybridized carbons (Fsp3) is 0.696. The minimum Gasteiger partial charge on any atom is -0.492 e. The quantitative estimate of drug-likeness (QED) is 0.289. The van der Waals surface area contributed by atoms with Gasteiger partial charge in [0.05, 0.1) is 6.61 Å². The van der Waals surface area contributed by atoms with E-state index in [1.54, 1.807) is 37.8 Å². The predicted molar refractivity (Wildman–Crippen MR) is 124 cm³/mol. The molecule has 1 saturated carbocycles. The van der Waals surface area contributed by atoms with Crippen LogP contribution in [-0.2, 0) is 13.8 Å². The lowest BCUT2D eigenvalue weighted by Gasteiger charge is -2.37. The third-order valence-corrected chi connectivity index (χ3v) is 6.78. The zero-order chi connectivity index (χ0) is 24.9. The molecule has 0 aromatic heterocycles. The van der Waals surface area contributed by atoms with Crippen molar-refractivity contribution in [3.8, 4) is 5.75 Å². The van der Waals surface area contributed by atoms with Gasteiger partial charge in [-0.2, -0.15) is 0 Å². The van der Waals surface area contributed by atoms with E-state index in [-0.39, 0.29) is 49.0 Å². The van der Waals surface area contributed by atoms with Crippen LogP contribution in [-0.4, -0.2) is 50.1 Å². The summed E-state index contributed by atoms with van der Waals surface area (Å²) in [6.07, 6.45) is 1.53. The summed E-state index contributed by atoms with van der Waals surface area (Å²) in [6.45, 7) is 7.83. The number of rotatable bonds is 9. The molecule has 0 N–H and O–H groups in total. The molecule has 0 saturated heterocycles. The molecule has 0 atom stereocenters. The summed E-state index contributed by atoms with van der Waals surface area (Å²) in [5.74, 6) is -2.46. The first-order valence-corrected chi connectivity index (χ1v) is 13.5. The van der Waals surface area contributed by atoms with E-state index in [2.05, 4.69) is 0 Å². The molecule has 1 aliphatic carbocycles. The summed E-state index contributed by atoms with van der Waals surface area (Å²) in [5.41, 5.74) is 0.177. The van der Waals surface area contributed by atoms with Crippen LogP contribution in [0, 0.1) is 6.92 Å². The van der Waals surface area contributed by atoms with Gasteiger partial charge >= 0.3 is 6.09 Å². The molecule has 0 radical (unpaired) electrons. The molecule has 1 aromatic carbocycles. The van der Waals surface area contributed by atoms with Gasteiger partial charge in [0, 0.05) is 36.1 Å². The van der Waals surface area contributed by atoms with Crippen molar-refractivity contribution in [3.05, 3.63) is 23.8 Å². The summed E-state index contributed by atoms with van der Waals surface area (Å²) in [4.78, 5) is 14.2. The Balaban J connectivity index is 1.89. The van der Waals surface area contributed by atoms with E-state index in [1.807, 2.05) is 6.92 Å². The molecular formula is C23H34ClF2NO5S. The Hall–Kier alpha value is -1.61. The zero-order valence-corrected chi connectivity index (χ0v) is 21.3. The van der Waals surface area contributed by atoms with Crippen molar-refractivity contribution >= 4 is 25.8 Å². The summed E-state index contributed by atoms with van der Waals surface area (Å²) < 4.78 is 61.7. The van der Waals surface area contributed by atoms with E-state index in [4.69, 9.17) is 20.2 Å². The normalized spacial score (nSPS) is 16.9. The summed E-state index contributed by atoms with van der Waals surface area (Å²) in [5, 5.41) is 0. The van der Waals surface area contributed by atoms with Crippen LogP contribution in [0.25, 0.3) is 0 Å². The Kier molecular flexibility index (Phi) is 9.39. The van der Waals surface area contributed by atoms with Crippen LogP contribution >= 0.6 is 10.7 Å². The lowest BCUT2D eigenvalue weighted by Crippen LogP contribution is -2.46. The lowest BCUT2D eigenvalue weighted by atomic mass is 9.91. The van der Waals surface area contributed by atoms with Crippen LogP contribution in [0.5, 0.6) is 5.75 Å². The monoisotopic (exact) mass is 509 g/mol. The average Bonchev–Trinajstić information content (AvgIpc) is 2.65. The van der Waals surface area contributed by atoms with Crippen molar-refractivity contribution in [2.45, 2.75) is 95.1 Å². The van der Waals surface area contributed by atoms with E-state index in [1.165, 1.54) is 6.07 Å². The number of hydrogen-bond donors (Lipinski definition) is 0. The number of halogens is 3. The minimum absolute atomic E-state index is 0.0695. The fourth-order valence-corrected chi connectivity index (χ4v) is 4.72. The largest absolute Gasteiger partial charge is 0.492 e. The number of carbonyl (C=O) groups is 1. The number of ether oxygens (including phenoxy) is 2. The van der Waals surface area contributed by atoms with E-state index < -0.39 is 26.7 Å². The minimum atomic E-state index is -3.92. The fourth-order valence-electron chi connectivity index (χ4n) is 3.75. The molecular weight excluding hydrogens is 476 g/mol. The molecule has 0 heterocycles. The van der Waals surface area contributed by atoms with Gasteiger partial charge in [0.25, 0.3) is 9.05 Å². The molecule has 0 unspecified atom stereocenters. The van der Waals surface area contributed by atoms with E-state index in [0.717, 1.165) is 5.56 Å². The second-order valence-electron chi connectivity index (χ2n) is 9.56. The van der Waals surface area contributed by atoms with Crippen molar-refractivity contribution in [2.75, 3.05) is 13.2 Å². The smallest absolute Gasteiger partial charge is 0.410 e. The Bertz CT molecular complexity index is 908. The summed E-state index contributed by atoms with van der Waals surface area (Å²) in [7, 11) is 1.56. The van der Waals surface area contributed by atoms with Crippen LogP contribution in [0.15, 0.2) is 23.1 Å². The van der Waals surface area contributed by atoms with E-state index in [9.17, 15) is 22.0 Å². The maximum Gasteiger partial charge on any atom is 0.410 e. The van der Waals surface area contributed by atoms with Gasteiger partial charge in [-0.1, -0.05) is 6.07 Å². The first-order chi connectivity index (χ1) is 15.2. The third-order valence-electron chi connectivity index (χ3n) is 5.42. The Morgan fingerprint density at radius 2 is 1.82 bits per heavy atom. The van der Waals surface area contributed by atoms with Gasteiger partial charge in [-0.05, 0) is 77.5 Å². The number of carbonyl (C=O) groups excluding carboxylic acids is 1. The van der Waals surface area contributed by atoms with E-state index in [0.29, 0.717) is 25.8 Å². The maximum absolute atomic E-state index is 13.6. The molecule has 0 aliphatic heterocycles. The second-order valence-corrected chi connectivity index (χ2v) is 12.1. The maximum atomic E-state index is 13.6. The van der Waals surface area contributed by atoms with Gasteiger partial charge in [0.2, 0.25) is 5.92 Å². The first-order valence-electron chi connectivity index (χ1n) is 11.2. The molecule has 0 spiro atoms. The van der Waals surface area contributed by atoms with Gasteiger partial charge < -0.3 is 14.4 Å². The van der Waals surface area contributed by atoms with Crippen LogP contribution in [0.4, 0.5) is 13.6 Å². The molecule has 6 nitrogen and oxygen atoms in total. The number of hydrogen-bond acceptors (Lipinski definition) is 5. The average molecular weight is 510 g/mol. The van der Waals surface area contributed by atoms with Gasteiger partial charge in [0.15, 0.2) is 0 Å². The Labute approximate surface area is 200 Å². The molecule has 1 aromatic rings. The number of nitrogens with zero attached hydrogens (tertiary/aromatic N) is 1. The van der Waals surface area contributed by atoms with Gasteiger partial charge in [-0.3, -0.25) is 0 Å². The van der Waals surface area contributed by atoms with Crippen LogP contribution in [0.1, 0.15) is 71.3 Å². The van der Waals surface area contributed by atoms with Crippen molar-refractivity contribution in [2.24, 2.45) is 0 Å². The molecule has 1 amide bonds. The van der Waals surface area contributed by atoms with Gasteiger partial charge in [0.1, 0.15) is 16.2 Å². The number of unbranched alkanes of at least 4 members (excludes halogenated alkanes) is 2. The third kappa shape index (κ3) is 9.27. The lowest BCUT2D eigenvalue weighted by molar-refractivity contribution is -0.0571. The zero-order valence-electron chi connectivity index (χ0n) is 19.7. The van der Waals surface area contributed by atoms with E-state index >= 15 is 0 Å². The van der Waals surface area contributed by atoms with Gasteiger partial charge in [-0.25, -0.2) is 22.0 Å². The summed E-state index contributed by atoms with van der Waals surface area (Å²) >= 11 is 0. The molecule has 33 heavy (non-hydrogen) atoms. The van der Waals surface area contributed by atoms with Crippen LogP contribution < -0.4 is 4.74 Å². The second kappa shape index (κ2) is 11.2. The first kappa shape index (κ1) is 27.6. The molecule has 10 heteroatoms. The highest BCUT2D eigenvalue weighted by Crippen LogP contribution is 2.35. The molecule has 1 aliphatic rings. The van der Waals surface area contributed by atoms with Crippen molar-refractivity contribution in [1.29, 1.82) is 0 Å². The number of aryl methyl sites for hydroxylation is 1. The van der Waals surface area contributed by atoms with Crippen LogP contribution in [0.2, 0.25) is 0 Å². The number of alkyl halides is 2. The molecule has 1 fully saturated rings. The predicted octanol–water partition coefficient (Wildman–Crippen LogP) is 6.29. The standard InChI is InChI=1S/C23H34ClF2NO5S/c1-17-8-9-20(33(24,29)30)19(16-17)31-15-7-5-6-14-27(21(28)32-22(2,3)4)18-10-12-23(25,26)13-11-18/h8-9,16,18H,5-7,10-15H2,1-4H3. The highest BCUT2D eigenvalue weighted by molar-refractivity contribution is 8.13. The number of amides is 1. The SMILES string of the molecule is Cc1ccc(S(=O)(=O)Cl)c(OCCCCCN(C(=O)OC(C)(C)C)C2CCC(F)(F)CC2)c1. The van der Waals surface area contributed by atoms with Gasteiger partial charge in [-0.15, -0.1) is 0 Å². The molecule has 188 valence electrons. The Morgan fingerprint density at radius 3 is 2.39 bits per heavy atom. The van der Waals surface area contributed by atoms with Crippen LogP contribution in [0.3, 0.4) is 0 Å². The highest BCUT2D eigenvalue weighted by Gasteiger charge is 2.39. The number of benzene rings is 1.